The minimum Gasteiger partial charge on any atom is -0.345 e. The molecule has 0 aromatic carbocycles. The van der Waals surface area contributed by atoms with Crippen molar-refractivity contribution in [1.82, 2.24) is 25.3 Å². The number of aromatic nitrogens is 4. The molecule has 3 heterocycles. The van der Waals surface area contributed by atoms with E-state index in [0.717, 1.165) is 11.4 Å². The summed E-state index contributed by atoms with van der Waals surface area (Å²) in [5, 5.41) is 14.8. The molecular formula is C12H11N5OS2. The lowest BCUT2D eigenvalue weighted by Gasteiger charge is -2.00. The number of carbonyl (C=O) groups is 1. The van der Waals surface area contributed by atoms with Gasteiger partial charge in [0.1, 0.15) is 10.6 Å². The van der Waals surface area contributed by atoms with Crippen molar-refractivity contribution in [2.45, 2.75) is 13.5 Å². The largest absolute Gasteiger partial charge is 0.345 e. The molecule has 0 bridgehead atoms. The van der Waals surface area contributed by atoms with Crippen LogP contribution in [0.1, 0.15) is 21.1 Å². The smallest absolute Gasteiger partial charge is 0.263 e. The Labute approximate surface area is 123 Å². The summed E-state index contributed by atoms with van der Waals surface area (Å²) in [4.78, 5) is 16.6. The monoisotopic (exact) mass is 305 g/mol. The predicted octanol–water partition coefficient (Wildman–Crippen LogP) is 2.02. The highest BCUT2D eigenvalue weighted by Crippen LogP contribution is 2.13. The number of thiophene rings is 1. The SMILES string of the molecule is Cc1ncsc1C(=O)NCc1cn(-c2ccsc2)nn1. The van der Waals surface area contributed by atoms with Crippen molar-refractivity contribution < 1.29 is 4.79 Å². The molecule has 8 heteroatoms. The van der Waals surface area contributed by atoms with Gasteiger partial charge in [-0.15, -0.1) is 16.4 Å². The van der Waals surface area contributed by atoms with Crippen molar-refractivity contribution in [3.05, 3.63) is 44.8 Å². The second-order valence-corrected chi connectivity index (χ2v) is 5.72. The molecule has 3 aromatic rings. The van der Waals surface area contributed by atoms with Crippen LogP contribution in [0.25, 0.3) is 5.69 Å². The van der Waals surface area contributed by atoms with Crippen LogP contribution in [0.4, 0.5) is 0 Å². The number of nitrogens with zero attached hydrogens (tertiary/aromatic N) is 4. The van der Waals surface area contributed by atoms with Crippen LogP contribution in [0.3, 0.4) is 0 Å². The van der Waals surface area contributed by atoms with Gasteiger partial charge in [0.25, 0.3) is 5.91 Å². The van der Waals surface area contributed by atoms with Crippen molar-refractivity contribution in [3.8, 4) is 5.69 Å². The standard InChI is InChI=1S/C12H11N5OS2/c1-8-11(20-7-14-8)12(18)13-4-9-5-17(16-15-9)10-2-3-19-6-10/h2-3,5-7H,4H2,1H3,(H,13,18). The first kappa shape index (κ1) is 12.9. The van der Waals surface area contributed by atoms with Gasteiger partial charge in [-0.3, -0.25) is 4.79 Å². The van der Waals surface area contributed by atoms with Gasteiger partial charge in [-0.2, -0.15) is 11.3 Å². The number of aryl methyl sites for hydroxylation is 1. The summed E-state index contributed by atoms with van der Waals surface area (Å²) >= 11 is 2.93. The third kappa shape index (κ3) is 2.61. The van der Waals surface area contributed by atoms with Crippen molar-refractivity contribution in [1.29, 1.82) is 0 Å². The fourth-order valence-corrected chi connectivity index (χ4v) is 3.01. The normalized spacial score (nSPS) is 10.7. The summed E-state index contributed by atoms with van der Waals surface area (Å²) in [7, 11) is 0. The summed E-state index contributed by atoms with van der Waals surface area (Å²) in [6.45, 7) is 2.17. The van der Waals surface area contributed by atoms with Crippen molar-refractivity contribution >= 4 is 28.6 Å². The third-order valence-corrected chi connectivity index (χ3v) is 4.29. The van der Waals surface area contributed by atoms with E-state index in [2.05, 4.69) is 20.6 Å². The molecule has 0 aliphatic carbocycles. The van der Waals surface area contributed by atoms with Crippen LogP contribution in [0.5, 0.6) is 0 Å². The van der Waals surface area contributed by atoms with Gasteiger partial charge in [-0.1, -0.05) is 5.21 Å². The summed E-state index contributed by atoms with van der Waals surface area (Å²) in [5.41, 5.74) is 4.09. The van der Waals surface area contributed by atoms with Gasteiger partial charge in [-0.25, -0.2) is 9.67 Å². The van der Waals surface area contributed by atoms with E-state index in [9.17, 15) is 4.79 Å². The number of thiazole rings is 1. The first-order valence-electron chi connectivity index (χ1n) is 5.86. The Morgan fingerprint density at radius 2 is 2.40 bits per heavy atom. The highest BCUT2D eigenvalue weighted by Gasteiger charge is 2.12. The zero-order valence-electron chi connectivity index (χ0n) is 10.6. The highest BCUT2D eigenvalue weighted by molar-refractivity contribution is 7.11. The Kier molecular flexibility index (Phi) is 3.57. The lowest BCUT2D eigenvalue weighted by Crippen LogP contribution is -2.22. The van der Waals surface area contributed by atoms with Crippen LogP contribution < -0.4 is 5.32 Å². The van der Waals surface area contributed by atoms with Gasteiger partial charge in [0.05, 0.1) is 29.6 Å². The van der Waals surface area contributed by atoms with E-state index in [4.69, 9.17) is 0 Å². The van der Waals surface area contributed by atoms with Gasteiger partial charge < -0.3 is 5.32 Å². The molecule has 1 N–H and O–H groups in total. The van der Waals surface area contributed by atoms with E-state index in [1.54, 1.807) is 21.5 Å². The topological polar surface area (TPSA) is 72.7 Å². The van der Waals surface area contributed by atoms with Crippen LogP contribution in [0, 0.1) is 6.92 Å². The quantitative estimate of drug-likeness (QED) is 0.800. The summed E-state index contributed by atoms with van der Waals surface area (Å²) in [6, 6.07) is 1.96. The molecule has 102 valence electrons. The van der Waals surface area contributed by atoms with Crippen LogP contribution in [0.15, 0.2) is 28.5 Å². The van der Waals surface area contributed by atoms with Crippen LogP contribution in [-0.2, 0) is 6.54 Å². The van der Waals surface area contributed by atoms with Crippen molar-refractivity contribution in [3.63, 3.8) is 0 Å². The van der Waals surface area contributed by atoms with Gasteiger partial charge in [0.2, 0.25) is 0 Å². The molecule has 0 saturated carbocycles. The molecule has 0 atom stereocenters. The molecular weight excluding hydrogens is 294 g/mol. The Morgan fingerprint density at radius 1 is 1.50 bits per heavy atom. The Bertz CT molecular complexity index is 716. The molecule has 0 radical (unpaired) electrons. The van der Waals surface area contributed by atoms with Gasteiger partial charge >= 0.3 is 0 Å². The number of hydrogen-bond acceptors (Lipinski definition) is 6. The van der Waals surface area contributed by atoms with E-state index in [1.807, 2.05) is 29.9 Å². The van der Waals surface area contributed by atoms with E-state index < -0.39 is 0 Å². The van der Waals surface area contributed by atoms with Gasteiger partial charge in [0, 0.05) is 5.38 Å². The molecule has 1 amide bonds. The molecule has 6 nitrogen and oxygen atoms in total. The zero-order chi connectivity index (χ0) is 13.9. The molecule has 0 saturated heterocycles. The number of hydrogen-bond donors (Lipinski definition) is 1. The summed E-state index contributed by atoms with van der Waals surface area (Å²) in [6.07, 6.45) is 1.81. The zero-order valence-corrected chi connectivity index (χ0v) is 12.2. The van der Waals surface area contributed by atoms with E-state index in [-0.39, 0.29) is 5.91 Å². The lowest BCUT2D eigenvalue weighted by atomic mass is 10.3. The van der Waals surface area contributed by atoms with Crippen molar-refractivity contribution in [2.75, 3.05) is 0 Å². The molecule has 0 spiro atoms. The average molecular weight is 305 g/mol. The maximum absolute atomic E-state index is 11.9. The minimum atomic E-state index is -0.130. The molecule has 3 rings (SSSR count). The molecule has 20 heavy (non-hydrogen) atoms. The fourth-order valence-electron chi connectivity index (χ4n) is 1.66. The second-order valence-electron chi connectivity index (χ2n) is 4.09. The first-order valence-corrected chi connectivity index (χ1v) is 7.68. The number of nitrogens with one attached hydrogen (secondary N) is 1. The van der Waals surface area contributed by atoms with Gasteiger partial charge in [0.15, 0.2) is 0 Å². The number of carbonyl (C=O) groups excluding carboxylic acids is 1. The summed E-state index contributed by atoms with van der Waals surface area (Å²) in [5.74, 6) is -0.130. The Balaban J connectivity index is 1.65. The summed E-state index contributed by atoms with van der Waals surface area (Å²) < 4.78 is 1.69. The maximum Gasteiger partial charge on any atom is 0.263 e. The van der Waals surface area contributed by atoms with Crippen LogP contribution >= 0.6 is 22.7 Å². The van der Waals surface area contributed by atoms with Crippen LogP contribution in [0.2, 0.25) is 0 Å². The van der Waals surface area contributed by atoms with E-state index in [0.29, 0.717) is 17.1 Å². The average Bonchev–Trinajstić information content (AvgIpc) is 3.16. The first-order chi connectivity index (χ1) is 9.74. The Hall–Kier alpha value is -2.06. The minimum absolute atomic E-state index is 0.130. The lowest BCUT2D eigenvalue weighted by molar-refractivity contribution is 0.0953. The third-order valence-electron chi connectivity index (χ3n) is 2.69. The molecule has 0 fully saturated rings. The molecule has 0 unspecified atom stereocenters. The number of amides is 1. The maximum atomic E-state index is 11.9. The molecule has 3 aromatic heterocycles. The highest BCUT2D eigenvalue weighted by atomic mass is 32.1. The second kappa shape index (κ2) is 5.51. The van der Waals surface area contributed by atoms with E-state index in [1.165, 1.54) is 11.3 Å². The molecule has 0 aliphatic heterocycles. The fraction of sp³-hybridized carbons (Fsp3) is 0.167. The Morgan fingerprint density at radius 3 is 3.10 bits per heavy atom. The van der Waals surface area contributed by atoms with Gasteiger partial charge in [-0.05, 0) is 18.4 Å². The predicted molar refractivity (Wildman–Crippen MR) is 77.3 cm³/mol. The molecule has 0 aliphatic rings. The van der Waals surface area contributed by atoms with E-state index >= 15 is 0 Å². The number of rotatable bonds is 4. The van der Waals surface area contributed by atoms with Crippen LogP contribution in [-0.4, -0.2) is 25.9 Å². The van der Waals surface area contributed by atoms with Crippen molar-refractivity contribution in [2.24, 2.45) is 0 Å².